The molecule has 0 aliphatic carbocycles. The van der Waals surface area contributed by atoms with Crippen LogP contribution in [0.2, 0.25) is 0 Å². The number of Topliss-reactive ketones (excluding diaryl/α,β-unsaturated/α-hetero) is 3. The van der Waals surface area contributed by atoms with Crippen LogP contribution in [0.5, 0.6) is 69.0 Å². The minimum absolute atomic E-state index is 0.0333. The number of hydrogen-bond donors (Lipinski definition) is 7. The Morgan fingerprint density at radius 2 is 0.766 bits per heavy atom. The topological polar surface area (TPSA) is 276 Å². The highest BCUT2D eigenvalue weighted by Crippen LogP contribution is 2.46. The molecule has 6 unspecified atom stereocenters. The number of phenolic OH excluding ortho intramolecular Hbond substituents is 7. The number of ether oxygens (including phenoxy) is 9. The largest absolute Gasteiger partial charge is 0.508 e. The van der Waals surface area contributed by atoms with Gasteiger partial charge < -0.3 is 78.4 Å². The van der Waals surface area contributed by atoms with Crippen molar-refractivity contribution in [1.29, 1.82) is 0 Å². The van der Waals surface area contributed by atoms with Crippen LogP contribution in [0.15, 0.2) is 176 Å². The third-order valence-corrected chi connectivity index (χ3v) is 16.1. The van der Waals surface area contributed by atoms with Crippen LogP contribution in [0.4, 0.5) is 0 Å². The first-order valence-corrected chi connectivity index (χ1v) is 31.8. The molecule has 6 atom stereocenters. The van der Waals surface area contributed by atoms with Crippen LogP contribution < -0.4 is 23.7 Å². The summed E-state index contributed by atoms with van der Waals surface area (Å²) in [7, 11) is 0. The Bertz CT molecular complexity index is 3720. The summed E-state index contributed by atoms with van der Waals surface area (Å²) in [6, 6.07) is 48.0. The summed E-state index contributed by atoms with van der Waals surface area (Å²) in [4.78, 5) is 38.5. The Hall–Kier alpha value is -9.79. The summed E-state index contributed by atoms with van der Waals surface area (Å²) in [6.07, 6.45) is 10.7. The number of hydrogen-bond acceptors (Lipinski definition) is 19. The highest BCUT2D eigenvalue weighted by Gasteiger charge is 2.40. The van der Waals surface area contributed by atoms with Crippen molar-refractivity contribution in [2.75, 3.05) is 26.4 Å². The van der Waals surface area contributed by atoms with Gasteiger partial charge >= 0.3 is 0 Å². The number of benzene rings is 8. The lowest BCUT2D eigenvalue weighted by molar-refractivity contribution is -0.106. The zero-order valence-corrected chi connectivity index (χ0v) is 52.0. The zero-order valence-electron chi connectivity index (χ0n) is 52.0. The molecule has 8 aromatic carbocycles. The van der Waals surface area contributed by atoms with E-state index in [1.807, 2.05) is 48.5 Å². The van der Waals surface area contributed by atoms with E-state index in [9.17, 15) is 29.7 Å². The summed E-state index contributed by atoms with van der Waals surface area (Å²) >= 11 is 0. The average molecular weight is 1280 g/mol. The maximum Gasteiger partial charge on any atom is 0.199 e. The van der Waals surface area contributed by atoms with Crippen molar-refractivity contribution in [2.45, 2.75) is 127 Å². The maximum atomic E-state index is 13.9. The van der Waals surface area contributed by atoms with Crippen LogP contribution >= 0.6 is 0 Å². The van der Waals surface area contributed by atoms with Gasteiger partial charge in [-0.1, -0.05) is 54.6 Å². The molecule has 0 aromatic heterocycles. The minimum Gasteiger partial charge on any atom is -0.508 e. The molecule has 492 valence electrons. The second kappa shape index (κ2) is 33.2. The number of rotatable bonds is 16. The lowest BCUT2D eigenvalue weighted by Crippen LogP contribution is -2.30. The summed E-state index contributed by atoms with van der Waals surface area (Å²) in [5.41, 5.74) is 4.18. The van der Waals surface area contributed by atoms with Crippen LogP contribution in [0.1, 0.15) is 142 Å². The molecule has 19 nitrogen and oxygen atoms in total. The van der Waals surface area contributed by atoms with Gasteiger partial charge in [0.25, 0.3) is 0 Å². The van der Waals surface area contributed by atoms with E-state index < -0.39 is 12.0 Å². The molecule has 0 saturated carbocycles. The predicted molar refractivity (Wildman–Crippen MR) is 347 cm³/mol. The van der Waals surface area contributed by atoms with Crippen LogP contribution in [-0.2, 0) is 31.8 Å². The van der Waals surface area contributed by atoms with Crippen LogP contribution in [-0.4, -0.2) is 105 Å². The van der Waals surface area contributed by atoms with E-state index in [0.717, 1.165) is 118 Å². The molecule has 19 heteroatoms. The van der Waals surface area contributed by atoms with E-state index >= 15 is 0 Å². The van der Waals surface area contributed by atoms with Crippen molar-refractivity contribution >= 4 is 17.3 Å². The lowest BCUT2D eigenvalue weighted by Gasteiger charge is -2.34. The van der Waals surface area contributed by atoms with Gasteiger partial charge in [0.15, 0.2) is 42.5 Å². The van der Waals surface area contributed by atoms with E-state index in [1.165, 1.54) is 48.5 Å². The van der Waals surface area contributed by atoms with Gasteiger partial charge in [0.1, 0.15) is 75.1 Å². The van der Waals surface area contributed by atoms with Crippen molar-refractivity contribution in [1.82, 2.24) is 0 Å². The third-order valence-electron chi connectivity index (χ3n) is 16.1. The van der Waals surface area contributed by atoms with E-state index in [4.69, 9.17) is 63.1 Å². The van der Waals surface area contributed by atoms with Crippen LogP contribution in [0.3, 0.4) is 0 Å². The molecular weight excluding hydrogens is 1200 g/mol. The van der Waals surface area contributed by atoms with Gasteiger partial charge in [-0.15, -0.1) is 0 Å². The number of carbonyl (C=O) groups is 3. The summed E-state index contributed by atoms with van der Waals surface area (Å²) in [5, 5.41) is 65.3. The number of fused-ring (bicyclic) bond motifs is 1. The van der Waals surface area contributed by atoms with Gasteiger partial charge in [0.2, 0.25) is 0 Å². The summed E-state index contributed by atoms with van der Waals surface area (Å²) in [5.74, 6) is 2.08. The fraction of sp³-hybridized carbons (Fsp3) is 0.320. The average Bonchev–Trinajstić information content (AvgIpc) is 0.764. The summed E-state index contributed by atoms with van der Waals surface area (Å²) in [6.45, 7) is 2.82. The van der Waals surface area contributed by atoms with Crippen molar-refractivity contribution in [3.05, 3.63) is 215 Å². The fourth-order valence-corrected chi connectivity index (χ4v) is 11.1. The fourth-order valence-electron chi connectivity index (χ4n) is 11.1. The number of carbonyl (C=O) groups excluding carboxylic acids is 3. The second-order valence-corrected chi connectivity index (χ2v) is 23.3. The predicted octanol–water partition coefficient (Wildman–Crippen LogP) is 14.3. The Morgan fingerprint density at radius 1 is 0.383 bits per heavy atom. The van der Waals surface area contributed by atoms with Gasteiger partial charge in [0.05, 0.1) is 49.0 Å². The van der Waals surface area contributed by atoms with E-state index in [1.54, 1.807) is 72.8 Å². The highest BCUT2D eigenvalue weighted by molar-refractivity contribution is 6.05. The van der Waals surface area contributed by atoms with Gasteiger partial charge in [-0.05, 0) is 171 Å². The Morgan fingerprint density at radius 3 is 1.21 bits per heavy atom. The molecule has 4 saturated heterocycles. The molecule has 5 aliphatic heterocycles. The summed E-state index contributed by atoms with van der Waals surface area (Å²) < 4.78 is 52.6. The molecular formula is C75H78O19. The number of ketones is 3. The molecule has 0 bridgehead atoms. The van der Waals surface area contributed by atoms with E-state index in [2.05, 4.69) is 0 Å². The van der Waals surface area contributed by atoms with Gasteiger partial charge in [0, 0.05) is 62.8 Å². The van der Waals surface area contributed by atoms with Crippen molar-refractivity contribution in [3.8, 4) is 69.0 Å². The van der Waals surface area contributed by atoms with Crippen LogP contribution in [0.25, 0.3) is 0 Å². The molecule has 5 heterocycles. The molecule has 0 spiro atoms. The van der Waals surface area contributed by atoms with E-state index in [-0.39, 0.29) is 107 Å². The van der Waals surface area contributed by atoms with E-state index in [0.29, 0.717) is 48.4 Å². The van der Waals surface area contributed by atoms with Gasteiger partial charge in [-0.3, -0.25) is 14.4 Å². The minimum atomic E-state index is -0.578. The van der Waals surface area contributed by atoms with Crippen molar-refractivity contribution < 1.29 is 92.8 Å². The maximum absolute atomic E-state index is 13.9. The molecule has 5 aliphatic rings. The molecule has 0 amide bonds. The van der Waals surface area contributed by atoms with Crippen molar-refractivity contribution in [2.24, 2.45) is 0 Å². The second-order valence-electron chi connectivity index (χ2n) is 23.3. The molecule has 94 heavy (non-hydrogen) atoms. The Balaban J connectivity index is 0.000000152. The molecule has 7 N–H and O–H groups in total. The quantitative estimate of drug-likeness (QED) is 0.0443. The Kier molecular flexibility index (Phi) is 23.7. The molecule has 8 aromatic rings. The molecule has 0 radical (unpaired) electrons. The first kappa shape index (κ1) is 67.1. The first-order chi connectivity index (χ1) is 45.7. The first-order valence-electron chi connectivity index (χ1n) is 31.8. The smallest absolute Gasteiger partial charge is 0.199 e. The SMILES string of the molecule is O=C(Cc1ccc(O)cc1)c1ccc(O)cc1O.O=C(Cc1ccc(OC2CCCCO2)cc1)c1ccc(OC2CCCCO2)cc1O.O=C1c2ccc(OC3CCCCO3)cc2OC(c2ccc(O)cc2)C1c1ccc(OC2CCCCO2)cc1.Oc1cccc(O)c1. The lowest BCUT2D eigenvalue weighted by atomic mass is 9.81. The van der Waals surface area contributed by atoms with Gasteiger partial charge in [-0.2, -0.15) is 0 Å². The number of aromatic hydroxyl groups is 7. The zero-order chi connectivity index (χ0) is 65.8. The molecule has 13 rings (SSSR count). The number of phenols is 7. The third kappa shape index (κ3) is 19.4. The molecule has 4 fully saturated rings. The normalized spacial score (nSPS) is 19.9. The van der Waals surface area contributed by atoms with Crippen LogP contribution in [0, 0.1) is 0 Å². The van der Waals surface area contributed by atoms with Gasteiger partial charge in [-0.25, -0.2) is 0 Å². The Labute approximate surface area is 545 Å². The van der Waals surface area contributed by atoms with Crippen molar-refractivity contribution in [3.63, 3.8) is 0 Å². The standard InChI is InChI=1S/C31H32O7.C24H28O6.C14H12O4.C6H6O2/c32-22-11-7-21(8-12-22)31-29(20-9-13-23(14-10-20)36-27-5-1-3-17-34-27)30(33)25-16-15-24(19-26(25)38-31)37-28-6-2-4-18-35-28;25-21(15-17-7-9-18(10-8-17)29-23-5-1-3-13-27-23)20-12-11-19(16-22(20)26)30-24-6-2-4-14-28-24;15-10-3-1-9(2-4-10)7-13(17)12-6-5-11(16)8-14(12)18;7-5-2-1-3-6(8)4-5/h7-16,19,27-29,31-32H,1-6,17-18H2;7-12,16,23-24,26H,1-6,13-15H2;1-6,8,15-16,18H,7H2;1-4,7-8H. The highest BCUT2D eigenvalue weighted by atomic mass is 16.7. The monoisotopic (exact) mass is 1280 g/mol.